The molecule has 0 aliphatic carbocycles. The van der Waals surface area contributed by atoms with Crippen LogP contribution in [0.2, 0.25) is 0 Å². The fraction of sp³-hybridized carbons (Fsp3) is 0.533. The summed E-state index contributed by atoms with van der Waals surface area (Å²) in [5.74, 6) is 1.63. The van der Waals surface area contributed by atoms with Crippen LogP contribution < -0.4 is 0 Å². The third-order valence-electron chi connectivity index (χ3n) is 4.37. The van der Waals surface area contributed by atoms with Gasteiger partial charge in [-0.3, -0.25) is 0 Å². The van der Waals surface area contributed by atoms with Crippen LogP contribution in [0.25, 0.3) is 11.0 Å². The fourth-order valence-corrected chi connectivity index (χ4v) is 3.56. The Labute approximate surface area is 132 Å². The van der Waals surface area contributed by atoms with E-state index in [1.807, 2.05) is 6.07 Å². The zero-order chi connectivity index (χ0) is 14.3. The molecule has 1 aliphatic rings. The lowest BCUT2D eigenvalue weighted by molar-refractivity contribution is 0.0764. The zero-order valence-corrected chi connectivity index (χ0v) is 14.0. The van der Waals surface area contributed by atoms with E-state index < -0.39 is 0 Å². The number of halogens is 2. The quantitative estimate of drug-likeness (QED) is 0.773. The Bertz CT molecular complexity index is 642. The van der Waals surface area contributed by atoms with E-state index in [0.29, 0.717) is 5.88 Å². The van der Waals surface area contributed by atoms with Crippen LogP contribution >= 0.6 is 27.5 Å². The van der Waals surface area contributed by atoms with E-state index in [-0.39, 0.29) is 11.6 Å². The maximum absolute atomic E-state index is 5.96. The first-order chi connectivity index (χ1) is 9.56. The molecule has 0 radical (unpaired) electrons. The van der Waals surface area contributed by atoms with Crippen LogP contribution in [0.4, 0.5) is 0 Å². The first-order valence-corrected chi connectivity index (χ1v) is 8.24. The van der Waals surface area contributed by atoms with Crippen molar-refractivity contribution < 1.29 is 4.74 Å². The maximum Gasteiger partial charge on any atom is 0.111 e. The fourth-order valence-electron chi connectivity index (χ4n) is 3.04. The largest absolute Gasteiger partial charge is 0.376 e. The minimum Gasteiger partial charge on any atom is -0.376 e. The number of aromatic nitrogens is 2. The molecule has 0 spiro atoms. The van der Waals surface area contributed by atoms with Crippen LogP contribution in [0.5, 0.6) is 0 Å². The number of rotatable bonds is 3. The van der Waals surface area contributed by atoms with Gasteiger partial charge in [0.05, 0.1) is 22.7 Å². The summed E-state index contributed by atoms with van der Waals surface area (Å²) in [5, 5.41) is 0. The molecule has 2 aromatic rings. The average molecular weight is 358 g/mol. The number of aryl methyl sites for hydroxylation is 1. The summed E-state index contributed by atoms with van der Waals surface area (Å²) in [5.41, 5.74) is 2.12. The van der Waals surface area contributed by atoms with Crippen molar-refractivity contribution in [3.8, 4) is 0 Å². The molecule has 3 rings (SSSR count). The molecule has 0 saturated carbocycles. The van der Waals surface area contributed by atoms with Crippen molar-refractivity contribution in [2.75, 3.05) is 12.5 Å². The van der Waals surface area contributed by atoms with E-state index in [4.69, 9.17) is 21.3 Å². The van der Waals surface area contributed by atoms with E-state index in [2.05, 4.69) is 46.5 Å². The van der Waals surface area contributed by atoms with Crippen molar-refractivity contribution >= 4 is 38.6 Å². The number of imidazole rings is 1. The van der Waals surface area contributed by atoms with Crippen molar-refractivity contribution in [2.45, 2.75) is 38.3 Å². The molecule has 5 heteroatoms. The molecule has 2 heterocycles. The van der Waals surface area contributed by atoms with Gasteiger partial charge in [-0.2, -0.15) is 0 Å². The molecule has 1 aromatic carbocycles. The third-order valence-corrected chi connectivity index (χ3v) is 5.05. The summed E-state index contributed by atoms with van der Waals surface area (Å²) in [6, 6.07) is 6.22. The van der Waals surface area contributed by atoms with E-state index in [9.17, 15) is 0 Å². The van der Waals surface area contributed by atoms with Gasteiger partial charge in [-0.25, -0.2) is 4.98 Å². The number of hydrogen-bond acceptors (Lipinski definition) is 2. The molecule has 1 aromatic heterocycles. The van der Waals surface area contributed by atoms with Crippen LogP contribution in [0.1, 0.15) is 26.1 Å². The Morgan fingerprint density at radius 1 is 1.55 bits per heavy atom. The summed E-state index contributed by atoms with van der Waals surface area (Å²) >= 11 is 9.52. The Morgan fingerprint density at radius 3 is 3.00 bits per heavy atom. The summed E-state index contributed by atoms with van der Waals surface area (Å²) in [6.07, 6.45) is 1.95. The molecule has 2 unspecified atom stereocenters. The number of nitrogens with zero attached hydrogens (tertiary/aromatic N) is 2. The second kappa shape index (κ2) is 5.32. The lowest BCUT2D eigenvalue weighted by Crippen LogP contribution is -2.38. The lowest BCUT2D eigenvalue weighted by atomic mass is 9.93. The smallest absolute Gasteiger partial charge is 0.111 e. The molecule has 0 amide bonds. The molecule has 20 heavy (non-hydrogen) atoms. The predicted octanol–water partition coefficient (Wildman–Crippen LogP) is 4.10. The summed E-state index contributed by atoms with van der Waals surface area (Å²) in [4.78, 5) is 4.77. The Hall–Kier alpha value is -0.580. The molecule has 0 N–H and O–H groups in total. The second-order valence-corrected chi connectivity index (χ2v) is 6.85. The van der Waals surface area contributed by atoms with Crippen molar-refractivity contribution in [1.82, 2.24) is 9.55 Å². The van der Waals surface area contributed by atoms with Gasteiger partial charge < -0.3 is 9.30 Å². The number of benzene rings is 1. The van der Waals surface area contributed by atoms with Gasteiger partial charge in [0.25, 0.3) is 0 Å². The molecule has 108 valence electrons. The van der Waals surface area contributed by atoms with E-state index in [0.717, 1.165) is 40.8 Å². The standard InChI is InChI=1S/C15H18BrClN2O/c1-10-15(2,6-8-20-10)19-13-9-11(16)3-4-12(13)18-14(19)5-7-17/h3-4,9-10H,5-8H2,1-2H3. The van der Waals surface area contributed by atoms with Crippen molar-refractivity contribution in [1.29, 1.82) is 0 Å². The maximum atomic E-state index is 5.96. The number of fused-ring (bicyclic) bond motifs is 1. The molecule has 1 fully saturated rings. The summed E-state index contributed by atoms with van der Waals surface area (Å²) in [6.45, 7) is 5.19. The highest BCUT2D eigenvalue weighted by Gasteiger charge is 2.41. The van der Waals surface area contributed by atoms with Gasteiger partial charge in [0.2, 0.25) is 0 Å². The molecule has 1 saturated heterocycles. The molecular formula is C15H18BrClN2O. The average Bonchev–Trinajstić information content (AvgIpc) is 2.92. The number of alkyl halides is 1. The topological polar surface area (TPSA) is 27.1 Å². The van der Waals surface area contributed by atoms with Gasteiger partial charge in [0.1, 0.15) is 5.82 Å². The van der Waals surface area contributed by atoms with Crippen LogP contribution in [0, 0.1) is 0 Å². The molecule has 0 bridgehead atoms. The van der Waals surface area contributed by atoms with Crippen LogP contribution in [0.15, 0.2) is 22.7 Å². The van der Waals surface area contributed by atoms with Gasteiger partial charge in [-0.1, -0.05) is 15.9 Å². The van der Waals surface area contributed by atoms with E-state index in [1.165, 1.54) is 0 Å². The first kappa shape index (κ1) is 14.4. The normalized spacial score (nSPS) is 26.5. The number of hydrogen-bond donors (Lipinski definition) is 0. The second-order valence-electron chi connectivity index (χ2n) is 5.56. The predicted molar refractivity (Wildman–Crippen MR) is 85.5 cm³/mol. The van der Waals surface area contributed by atoms with E-state index in [1.54, 1.807) is 0 Å². The van der Waals surface area contributed by atoms with Gasteiger partial charge in [0.15, 0.2) is 0 Å². The highest BCUT2D eigenvalue weighted by atomic mass is 79.9. The van der Waals surface area contributed by atoms with Crippen molar-refractivity contribution in [2.24, 2.45) is 0 Å². The van der Waals surface area contributed by atoms with Crippen molar-refractivity contribution in [3.63, 3.8) is 0 Å². The minimum absolute atomic E-state index is 0.0586. The van der Waals surface area contributed by atoms with Crippen LogP contribution in [0.3, 0.4) is 0 Å². The van der Waals surface area contributed by atoms with E-state index >= 15 is 0 Å². The minimum atomic E-state index is -0.0586. The SMILES string of the molecule is CC1OCCC1(C)n1c(CCCl)nc2ccc(Br)cc21. The Balaban J connectivity index is 2.25. The highest BCUT2D eigenvalue weighted by molar-refractivity contribution is 9.10. The highest BCUT2D eigenvalue weighted by Crippen LogP contribution is 2.37. The summed E-state index contributed by atoms with van der Waals surface area (Å²) in [7, 11) is 0. The third kappa shape index (κ3) is 2.18. The monoisotopic (exact) mass is 356 g/mol. The van der Waals surface area contributed by atoms with Gasteiger partial charge in [-0.15, -0.1) is 11.6 Å². The van der Waals surface area contributed by atoms with Gasteiger partial charge in [0, 0.05) is 23.4 Å². The van der Waals surface area contributed by atoms with Gasteiger partial charge >= 0.3 is 0 Å². The van der Waals surface area contributed by atoms with Crippen LogP contribution in [-0.2, 0) is 16.7 Å². The molecule has 2 atom stereocenters. The zero-order valence-electron chi connectivity index (χ0n) is 11.7. The Morgan fingerprint density at radius 2 is 2.35 bits per heavy atom. The van der Waals surface area contributed by atoms with Crippen LogP contribution in [-0.4, -0.2) is 28.1 Å². The number of ether oxygens (including phenoxy) is 1. The molecular weight excluding hydrogens is 340 g/mol. The van der Waals surface area contributed by atoms with Crippen molar-refractivity contribution in [3.05, 3.63) is 28.5 Å². The van der Waals surface area contributed by atoms with Gasteiger partial charge in [-0.05, 0) is 38.5 Å². The lowest BCUT2D eigenvalue weighted by Gasteiger charge is -2.32. The first-order valence-electron chi connectivity index (χ1n) is 6.91. The molecule has 1 aliphatic heterocycles. The molecule has 3 nitrogen and oxygen atoms in total. The summed E-state index contributed by atoms with van der Waals surface area (Å²) < 4.78 is 9.22. The Kier molecular flexibility index (Phi) is 3.82.